The number of aliphatic hydroxyl groups excluding tert-OH is 2. The van der Waals surface area contributed by atoms with Crippen molar-refractivity contribution in [3.63, 3.8) is 0 Å². The van der Waals surface area contributed by atoms with Crippen LogP contribution in [0.5, 0.6) is 0 Å². The van der Waals surface area contributed by atoms with Crippen LogP contribution in [0.4, 0.5) is 0 Å². The molecule has 82 valence electrons. The highest BCUT2D eigenvalue weighted by Gasteiger charge is 2.20. The first-order valence-electron chi connectivity index (χ1n) is 5.30. The van der Waals surface area contributed by atoms with Gasteiger partial charge in [0, 0.05) is 19.1 Å². The van der Waals surface area contributed by atoms with E-state index in [1.165, 1.54) is 0 Å². The lowest BCUT2D eigenvalue weighted by Gasteiger charge is -2.26. The molecule has 1 fully saturated rings. The normalized spacial score (nSPS) is 27.3. The highest BCUT2D eigenvalue weighted by Crippen LogP contribution is 2.18. The predicted octanol–water partition coefficient (Wildman–Crippen LogP) is 0.179. The fourth-order valence-electron chi connectivity index (χ4n) is 1.76. The Balaban J connectivity index is 2.14. The minimum Gasteiger partial charge on any atom is -0.396 e. The molecular formula is C10H19NO3. The van der Waals surface area contributed by atoms with E-state index in [9.17, 15) is 9.90 Å². The Morgan fingerprint density at radius 2 is 1.93 bits per heavy atom. The zero-order valence-electron chi connectivity index (χ0n) is 8.41. The molecule has 1 aliphatic rings. The number of rotatable bonds is 4. The Morgan fingerprint density at radius 3 is 2.50 bits per heavy atom. The van der Waals surface area contributed by atoms with Crippen LogP contribution in [-0.2, 0) is 4.79 Å². The molecule has 0 spiro atoms. The van der Waals surface area contributed by atoms with E-state index in [1.807, 2.05) is 0 Å². The molecule has 14 heavy (non-hydrogen) atoms. The number of carbonyl (C=O) groups excluding carboxylic acids is 1. The third-order valence-electron chi connectivity index (χ3n) is 2.62. The molecule has 0 aromatic carbocycles. The molecule has 0 atom stereocenters. The van der Waals surface area contributed by atoms with E-state index in [0.29, 0.717) is 12.8 Å². The van der Waals surface area contributed by atoms with Gasteiger partial charge in [0.15, 0.2) is 0 Å². The average Bonchev–Trinajstić information content (AvgIpc) is 2.18. The van der Waals surface area contributed by atoms with Crippen molar-refractivity contribution in [2.24, 2.45) is 0 Å². The molecule has 1 amide bonds. The zero-order chi connectivity index (χ0) is 10.4. The number of amides is 1. The molecule has 3 N–H and O–H groups in total. The Labute approximate surface area is 84.3 Å². The number of aliphatic hydroxyl groups is 2. The molecule has 1 saturated carbocycles. The van der Waals surface area contributed by atoms with Crippen LogP contribution in [0, 0.1) is 0 Å². The molecule has 0 aromatic heterocycles. The minimum atomic E-state index is -0.180. The summed E-state index contributed by atoms with van der Waals surface area (Å²) >= 11 is 0. The van der Waals surface area contributed by atoms with Gasteiger partial charge in [-0.1, -0.05) is 0 Å². The van der Waals surface area contributed by atoms with E-state index in [1.54, 1.807) is 0 Å². The first-order chi connectivity index (χ1) is 6.72. The van der Waals surface area contributed by atoms with E-state index in [-0.39, 0.29) is 24.7 Å². The summed E-state index contributed by atoms with van der Waals surface area (Å²) in [7, 11) is 0. The fraction of sp³-hybridized carbons (Fsp3) is 0.900. The molecule has 0 aliphatic heterocycles. The van der Waals surface area contributed by atoms with Crippen molar-refractivity contribution >= 4 is 5.91 Å². The monoisotopic (exact) mass is 201 g/mol. The number of carbonyl (C=O) groups is 1. The Kier molecular flexibility index (Phi) is 4.90. The standard InChI is InChI=1S/C10H19NO3/c12-7-1-2-10(14)11-8-3-5-9(13)6-4-8/h8-9,12-13H,1-7H2,(H,11,14). The fourth-order valence-corrected chi connectivity index (χ4v) is 1.76. The summed E-state index contributed by atoms with van der Waals surface area (Å²) in [4.78, 5) is 11.3. The molecule has 0 unspecified atom stereocenters. The van der Waals surface area contributed by atoms with E-state index in [2.05, 4.69) is 5.32 Å². The van der Waals surface area contributed by atoms with E-state index in [4.69, 9.17) is 5.11 Å². The second-order valence-corrected chi connectivity index (χ2v) is 3.90. The summed E-state index contributed by atoms with van der Waals surface area (Å²) in [5, 5.41) is 20.7. The van der Waals surface area contributed by atoms with E-state index < -0.39 is 0 Å². The smallest absolute Gasteiger partial charge is 0.220 e. The van der Waals surface area contributed by atoms with Crippen LogP contribution in [0.2, 0.25) is 0 Å². The van der Waals surface area contributed by atoms with Crippen molar-refractivity contribution in [2.75, 3.05) is 6.61 Å². The topological polar surface area (TPSA) is 69.6 Å². The third kappa shape index (κ3) is 4.07. The van der Waals surface area contributed by atoms with Gasteiger partial charge >= 0.3 is 0 Å². The van der Waals surface area contributed by atoms with Crippen molar-refractivity contribution in [3.8, 4) is 0 Å². The van der Waals surface area contributed by atoms with Crippen LogP contribution in [0.1, 0.15) is 38.5 Å². The van der Waals surface area contributed by atoms with Crippen molar-refractivity contribution in [3.05, 3.63) is 0 Å². The van der Waals surface area contributed by atoms with E-state index >= 15 is 0 Å². The van der Waals surface area contributed by atoms with Gasteiger partial charge < -0.3 is 15.5 Å². The lowest BCUT2D eigenvalue weighted by Crippen LogP contribution is -2.38. The highest BCUT2D eigenvalue weighted by atomic mass is 16.3. The number of hydrogen-bond donors (Lipinski definition) is 3. The van der Waals surface area contributed by atoms with Crippen molar-refractivity contribution in [1.82, 2.24) is 5.32 Å². The van der Waals surface area contributed by atoms with Crippen molar-refractivity contribution in [1.29, 1.82) is 0 Å². The molecule has 4 nitrogen and oxygen atoms in total. The van der Waals surface area contributed by atoms with Crippen LogP contribution >= 0.6 is 0 Å². The largest absolute Gasteiger partial charge is 0.396 e. The zero-order valence-corrected chi connectivity index (χ0v) is 8.41. The van der Waals surface area contributed by atoms with Gasteiger partial charge in [-0.25, -0.2) is 0 Å². The summed E-state index contributed by atoms with van der Waals surface area (Å²) in [5.74, 6) is 0.0143. The summed E-state index contributed by atoms with van der Waals surface area (Å²) < 4.78 is 0. The van der Waals surface area contributed by atoms with Gasteiger partial charge in [-0.05, 0) is 32.1 Å². The van der Waals surface area contributed by atoms with Gasteiger partial charge in [-0.2, -0.15) is 0 Å². The summed E-state index contributed by atoms with van der Waals surface area (Å²) in [6, 6.07) is 0.226. The minimum absolute atomic E-state index is 0.0143. The van der Waals surface area contributed by atoms with Crippen LogP contribution in [0.3, 0.4) is 0 Å². The predicted molar refractivity (Wildman–Crippen MR) is 52.7 cm³/mol. The van der Waals surface area contributed by atoms with Crippen LogP contribution in [0.15, 0.2) is 0 Å². The number of nitrogens with one attached hydrogen (secondary N) is 1. The van der Waals surface area contributed by atoms with Crippen LogP contribution in [0.25, 0.3) is 0 Å². The van der Waals surface area contributed by atoms with Gasteiger partial charge in [0.25, 0.3) is 0 Å². The molecule has 0 heterocycles. The lowest BCUT2D eigenvalue weighted by molar-refractivity contribution is -0.122. The molecule has 0 saturated heterocycles. The van der Waals surface area contributed by atoms with E-state index in [0.717, 1.165) is 25.7 Å². The van der Waals surface area contributed by atoms with Gasteiger partial charge in [-0.3, -0.25) is 4.79 Å². The maximum Gasteiger partial charge on any atom is 0.220 e. The molecule has 0 radical (unpaired) electrons. The summed E-state index contributed by atoms with van der Waals surface area (Å²) in [6.45, 7) is 0.0663. The Hall–Kier alpha value is -0.610. The highest BCUT2D eigenvalue weighted by molar-refractivity contribution is 5.76. The quantitative estimate of drug-likeness (QED) is 0.607. The Morgan fingerprint density at radius 1 is 1.29 bits per heavy atom. The maximum absolute atomic E-state index is 11.3. The van der Waals surface area contributed by atoms with Crippen LogP contribution in [-0.4, -0.2) is 34.9 Å². The van der Waals surface area contributed by atoms with Gasteiger partial charge in [0.05, 0.1) is 6.10 Å². The van der Waals surface area contributed by atoms with Gasteiger partial charge in [0.2, 0.25) is 5.91 Å². The number of hydrogen-bond acceptors (Lipinski definition) is 3. The third-order valence-corrected chi connectivity index (χ3v) is 2.62. The SMILES string of the molecule is O=C(CCCO)NC1CCC(O)CC1. The summed E-state index contributed by atoms with van der Waals surface area (Å²) in [5.41, 5.74) is 0. The van der Waals surface area contributed by atoms with Gasteiger partial charge in [0.1, 0.15) is 0 Å². The molecule has 0 aromatic rings. The molecular weight excluding hydrogens is 182 g/mol. The molecule has 1 rings (SSSR count). The molecule has 0 bridgehead atoms. The maximum atomic E-state index is 11.3. The Bertz CT molecular complexity index is 176. The summed E-state index contributed by atoms with van der Waals surface area (Å²) in [6.07, 6.45) is 4.05. The van der Waals surface area contributed by atoms with Crippen molar-refractivity contribution < 1.29 is 15.0 Å². The van der Waals surface area contributed by atoms with Crippen LogP contribution < -0.4 is 5.32 Å². The molecule has 1 aliphatic carbocycles. The lowest BCUT2D eigenvalue weighted by atomic mass is 9.93. The van der Waals surface area contributed by atoms with Gasteiger partial charge in [-0.15, -0.1) is 0 Å². The molecule has 4 heteroatoms. The first-order valence-corrected chi connectivity index (χ1v) is 5.30. The average molecular weight is 201 g/mol. The second kappa shape index (κ2) is 5.98. The second-order valence-electron chi connectivity index (χ2n) is 3.90. The first kappa shape index (κ1) is 11.5. The van der Waals surface area contributed by atoms with Crippen molar-refractivity contribution in [2.45, 2.75) is 50.7 Å².